The third kappa shape index (κ3) is 3.47. The Bertz CT molecular complexity index is 928. The average Bonchev–Trinajstić information content (AvgIpc) is 3.33. The Labute approximate surface area is 156 Å². The van der Waals surface area contributed by atoms with Gasteiger partial charge < -0.3 is 9.47 Å². The molecule has 2 aromatic heterocycles. The van der Waals surface area contributed by atoms with Gasteiger partial charge in [0, 0.05) is 38.4 Å². The van der Waals surface area contributed by atoms with Crippen molar-refractivity contribution in [3.05, 3.63) is 65.8 Å². The van der Waals surface area contributed by atoms with E-state index in [1.165, 1.54) is 12.1 Å². The summed E-state index contributed by atoms with van der Waals surface area (Å²) in [7, 11) is 1.96. The minimum Gasteiger partial charge on any atom is -0.339 e. The molecule has 8 heteroatoms. The van der Waals surface area contributed by atoms with Crippen molar-refractivity contribution in [2.24, 2.45) is 7.05 Å². The van der Waals surface area contributed by atoms with E-state index in [4.69, 9.17) is 0 Å². The smallest absolute Gasteiger partial charge is 0.256 e. The number of piperidine rings is 1. The van der Waals surface area contributed by atoms with Gasteiger partial charge in [0.05, 0.1) is 5.56 Å². The summed E-state index contributed by atoms with van der Waals surface area (Å²) in [6.45, 7) is 1.74. The molecule has 0 unspecified atom stereocenters. The maximum atomic E-state index is 13.9. The van der Waals surface area contributed by atoms with Crippen molar-refractivity contribution in [3.8, 4) is 0 Å². The number of halogens is 1. The predicted octanol–water partition coefficient (Wildman–Crippen LogP) is 2.22. The van der Waals surface area contributed by atoms with Crippen molar-refractivity contribution in [2.45, 2.75) is 25.3 Å². The van der Waals surface area contributed by atoms with E-state index >= 15 is 0 Å². The molecule has 3 aromatic rings. The zero-order valence-corrected chi connectivity index (χ0v) is 15.1. The third-order valence-corrected chi connectivity index (χ3v) is 5.11. The van der Waals surface area contributed by atoms with Gasteiger partial charge in [-0.25, -0.2) is 4.39 Å². The number of carbonyl (C=O) groups excluding carboxylic acids is 1. The topological polar surface area (TPSA) is 68.8 Å². The number of benzene rings is 1. The van der Waals surface area contributed by atoms with Crippen molar-refractivity contribution < 1.29 is 9.18 Å². The maximum Gasteiger partial charge on any atom is 0.256 e. The lowest BCUT2D eigenvalue weighted by Gasteiger charge is -2.31. The number of hydrogen-bond acceptors (Lipinski definition) is 4. The van der Waals surface area contributed by atoms with E-state index in [1.54, 1.807) is 23.2 Å². The SMILES string of the molecule is Cn1c(Cn2cccn2)nnc1C1CCN(C(=O)c2ccccc2F)CC1. The fraction of sp³-hybridized carbons (Fsp3) is 0.368. The molecule has 0 saturated carbocycles. The Kier molecular flexibility index (Phi) is 4.70. The quantitative estimate of drug-likeness (QED) is 0.708. The molecule has 0 radical (unpaired) electrons. The molecule has 3 heterocycles. The molecule has 0 atom stereocenters. The molecule has 1 saturated heterocycles. The fourth-order valence-corrected chi connectivity index (χ4v) is 3.55. The summed E-state index contributed by atoms with van der Waals surface area (Å²) in [6.07, 6.45) is 5.20. The van der Waals surface area contributed by atoms with E-state index in [0.29, 0.717) is 19.6 Å². The van der Waals surface area contributed by atoms with Crippen LogP contribution in [0.2, 0.25) is 0 Å². The highest BCUT2D eigenvalue weighted by molar-refractivity contribution is 5.94. The van der Waals surface area contributed by atoms with Gasteiger partial charge in [0.25, 0.3) is 5.91 Å². The van der Waals surface area contributed by atoms with Crippen LogP contribution in [-0.4, -0.2) is 48.4 Å². The molecule has 27 heavy (non-hydrogen) atoms. The van der Waals surface area contributed by atoms with Gasteiger partial charge in [0.2, 0.25) is 0 Å². The molecule has 4 rings (SSSR count). The summed E-state index contributed by atoms with van der Waals surface area (Å²) in [6, 6.07) is 8.01. The number of amides is 1. The summed E-state index contributed by atoms with van der Waals surface area (Å²) in [5.41, 5.74) is 0.135. The minimum atomic E-state index is -0.471. The lowest BCUT2D eigenvalue weighted by molar-refractivity contribution is 0.0705. The molecule has 0 spiro atoms. The highest BCUT2D eigenvalue weighted by Crippen LogP contribution is 2.28. The Morgan fingerprint density at radius 2 is 1.96 bits per heavy atom. The summed E-state index contributed by atoms with van der Waals surface area (Å²) in [5.74, 6) is 1.29. The molecule has 0 aliphatic carbocycles. The van der Waals surface area contributed by atoms with Crippen LogP contribution in [0.3, 0.4) is 0 Å². The first-order valence-corrected chi connectivity index (χ1v) is 9.03. The maximum absolute atomic E-state index is 13.9. The molecule has 0 bridgehead atoms. The highest BCUT2D eigenvalue weighted by atomic mass is 19.1. The second-order valence-corrected chi connectivity index (χ2v) is 6.78. The van der Waals surface area contributed by atoms with E-state index in [9.17, 15) is 9.18 Å². The first-order chi connectivity index (χ1) is 13.1. The second-order valence-electron chi connectivity index (χ2n) is 6.78. The molecule has 140 valence electrons. The zero-order chi connectivity index (χ0) is 18.8. The molecule has 7 nitrogen and oxygen atoms in total. The van der Waals surface area contributed by atoms with Crippen LogP contribution in [0.15, 0.2) is 42.7 Å². The zero-order valence-electron chi connectivity index (χ0n) is 15.1. The Morgan fingerprint density at radius 3 is 2.67 bits per heavy atom. The molecule has 1 amide bonds. The summed E-state index contributed by atoms with van der Waals surface area (Å²) < 4.78 is 17.7. The summed E-state index contributed by atoms with van der Waals surface area (Å²) in [5, 5.41) is 12.9. The minimum absolute atomic E-state index is 0.135. The van der Waals surface area contributed by atoms with Crippen LogP contribution in [-0.2, 0) is 13.6 Å². The standard InChI is InChI=1S/C19H21FN6O/c1-24-17(13-26-10-4-9-21-26)22-23-18(24)14-7-11-25(12-8-14)19(27)15-5-2-3-6-16(15)20/h2-6,9-10,14H,7-8,11-13H2,1H3. The number of rotatable bonds is 4. The fourth-order valence-electron chi connectivity index (χ4n) is 3.55. The van der Waals surface area contributed by atoms with Gasteiger partial charge in [-0.05, 0) is 31.0 Å². The van der Waals surface area contributed by atoms with Crippen molar-refractivity contribution in [3.63, 3.8) is 0 Å². The summed E-state index contributed by atoms with van der Waals surface area (Å²) in [4.78, 5) is 14.3. The first kappa shape index (κ1) is 17.4. The third-order valence-electron chi connectivity index (χ3n) is 5.11. The molecule has 1 aliphatic rings. The first-order valence-electron chi connectivity index (χ1n) is 9.03. The van der Waals surface area contributed by atoms with Crippen molar-refractivity contribution in [1.82, 2.24) is 29.4 Å². The van der Waals surface area contributed by atoms with Gasteiger partial charge in [0.15, 0.2) is 5.82 Å². The molecule has 0 N–H and O–H groups in total. The largest absolute Gasteiger partial charge is 0.339 e. The second kappa shape index (κ2) is 7.30. The van der Waals surface area contributed by atoms with Crippen molar-refractivity contribution >= 4 is 5.91 Å². The van der Waals surface area contributed by atoms with E-state index in [2.05, 4.69) is 15.3 Å². The van der Waals surface area contributed by atoms with Gasteiger partial charge in [-0.3, -0.25) is 9.48 Å². The van der Waals surface area contributed by atoms with Gasteiger partial charge >= 0.3 is 0 Å². The number of nitrogens with zero attached hydrogens (tertiary/aromatic N) is 6. The number of likely N-dealkylation sites (tertiary alicyclic amines) is 1. The van der Waals surface area contributed by atoms with E-state index < -0.39 is 5.82 Å². The normalized spacial score (nSPS) is 15.3. The average molecular weight is 368 g/mol. The Morgan fingerprint density at radius 1 is 1.19 bits per heavy atom. The monoisotopic (exact) mass is 368 g/mol. The van der Waals surface area contributed by atoms with Crippen LogP contribution in [0.5, 0.6) is 0 Å². The van der Waals surface area contributed by atoms with Crippen LogP contribution in [0.4, 0.5) is 4.39 Å². The van der Waals surface area contributed by atoms with E-state index in [-0.39, 0.29) is 17.4 Å². The molecule has 1 fully saturated rings. The lowest BCUT2D eigenvalue weighted by atomic mass is 9.95. The van der Waals surface area contributed by atoms with Gasteiger partial charge in [-0.15, -0.1) is 10.2 Å². The number of hydrogen-bond donors (Lipinski definition) is 0. The van der Waals surface area contributed by atoms with Crippen molar-refractivity contribution in [1.29, 1.82) is 0 Å². The van der Waals surface area contributed by atoms with Crippen LogP contribution in [0.1, 0.15) is 40.8 Å². The number of carbonyl (C=O) groups is 1. The van der Waals surface area contributed by atoms with Gasteiger partial charge in [0.1, 0.15) is 18.2 Å². The van der Waals surface area contributed by atoms with Crippen LogP contribution < -0.4 is 0 Å². The lowest BCUT2D eigenvalue weighted by Crippen LogP contribution is -2.38. The molecule has 1 aliphatic heterocycles. The van der Waals surface area contributed by atoms with Crippen molar-refractivity contribution in [2.75, 3.05) is 13.1 Å². The van der Waals surface area contributed by atoms with E-state index in [1.807, 2.05) is 28.6 Å². The van der Waals surface area contributed by atoms with Gasteiger partial charge in [-0.2, -0.15) is 5.10 Å². The van der Waals surface area contributed by atoms with Crippen LogP contribution in [0, 0.1) is 5.82 Å². The Hall–Kier alpha value is -3.03. The predicted molar refractivity (Wildman–Crippen MR) is 96.6 cm³/mol. The molecular weight excluding hydrogens is 347 g/mol. The Balaban J connectivity index is 1.42. The molecule has 1 aromatic carbocycles. The molecular formula is C19H21FN6O. The van der Waals surface area contributed by atoms with Crippen LogP contribution in [0.25, 0.3) is 0 Å². The van der Waals surface area contributed by atoms with E-state index in [0.717, 1.165) is 24.5 Å². The highest BCUT2D eigenvalue weighted by Gasteiger charge is 2.28. The van der Waals surface area contributed by atoms with Gasteiger partial charge in [-0.1, -0.05) is 12.1 Å². The summed E-state index contributed by atoms with van der Waals surface area (Å²) >= 11 is 0. The van der Waals surface area contributed by atoms with Crippen LogP contribution >= 0.6 is 0 Å². The number of aromatic nitrogens is 5.